The van der Waals surface area contributed by atoms with E-state index >= 15 is 0 Å². The fraction of sp³-hybridized carbons (Fsp3) is 0.0385. The highest BCUT2D eigenvalue weighted by molar-refractivity contribution is 5.90. The zero-order valence-corrected chi connectivity index (χ0v) is 16.1. The van der Waals surface area contributed by atoms with Crippen LogP contribution in [-0.2, 0) is 0 Å². The molecule has 1 aliphatic heterocycles. The van der Waals surface area contributed by atoms with E-state index < -0.39 is 0 Å². The third-order valence-electron chi connectivity index (χ3n) is 5.28. The van der Waals surface area contributed by atoms with Crippen LogP contribution < -0.4 is 15.2 Å². The SMILES string of the molecule is N#CC1=C(N)Oc2c(ccc3ccccc23)[C@@H]1c1cccc(Oc2ccccc2)c1. The number of para-hydroxylation sites is 1. The summed E-state index contributed by atoms with van der Waals surface area (Å²) in [6.45, 7) is 0. The Hall–Kier alpha value is -4.23. The molecule has 0 saturated carbocycles. The number of allylic oxidation sites excluding steroid dienone is 1. The summed E-state index contributed by atoms with van der Waals surface area (Å²) in [5, 5.41) is 11.9. The van der Waals surface area contributed by atoms with Gasteiger partial charge in [-0.25, -0.2) is 0 Å². The predicted molar refractivity (Wildman–Crippen MR) is 116 cm³/mol. The summed E-state index contributed by atoms with van der Waals surface area (Å²) in [5.74, 6) is 1.96. The van der Waals surface area contributed by atoms with E-state index in [-0.39, 0.29) is 11.8 Å². The van der Waals surface area contributed by atoms with Crippen LogP contribution in [0.5, 0.6) is 17.2 Å². The molecule has 0 unspecified atom stereocenters. The third kappa shape index (κ3) is 3.03. The second-order valence-electron chi connectivity index (χ2n) is 7.12. The minimum atomic E-state index is -0.331. The Morgan fingerprint density at radius 3 is 2.43 bits per heavy atom. The number of rotatable bonds is 3. The normalized spacial score (nSPS) is 15.2. The Morgan fingerprint density at radius 2 is 1.60 bits per heavy atom. The molecular weight excluding hydrogens is 372 g/mol. The molecular formula is C26H18N2O2. The van der Waals surface area contributed by atoms with Crippen LogP contribution >= 0.6 is 0 Å². The minimum absolute atomic E-state index is 0.140. The van der Waals surface area contributed by atoms with Gasteiger partial charge in [-0.15, -0.1) is 0 Å². The van der Waals surface area contributed by atoms with Crippen LogP contribution in [0.3, 0.4) is 0 Å². The van der Waals surface area contributed by atoms with Gasteiger partial charge in [0, 0.05) is 10.9 Å². The van der Waals surface area contributed by atoms with Gasteiger partial charge in [-0.1, -0.05) is 66.7 Å². The van der Waals surface area contributed by atoms with Gasteiger partial charge in [0.15, 0.2) is 0 Å². The van der Waals surface area contributed by atoms with Crippen molar-refractivity contribution in [3.05, 3.63) is 114 Å². The van der Waals surface area contributed by atoms with Crippen LogP contribution in [-0.4, -0.2) is 0 Å². The average Bonchev–Trinajstić information content (AvgIpc) is 2.79. The largest absolute Gasteiger partial charge is 0.457 e. The van der Waals surface area contributed by atoms with Gasteiger partial charge in [-0.2, -0.15) is 5.26 Å². The number of nitrogens with zero attached hydrogens (tertiary/aromatic N) is 1. The quantitative estimate of drug-likeness (QED) is 0.476. The summed E-state index contributed by atoms with van der Waals surface area (Å²) in [7, 11) is 0. The second kappa shape index (κ2) is 7.31. The van der Waals surface area contributed by atoms with Gasteiger partial charge in [0.25, 0.3) is 0 Å². The Labute approximate surface area is 174 Å². The number of nitriles is 1. The van der Waals surface area contributed by atoms with Gasteiger partial charge in [0.1, 0.15) is 28.9 Å². The van der Waals surface area contributed by atoms with Crippen LogP contribution in [0.25, 0.3) is 10.8 Å². The van der Waals surface area contributed by atoms with E-state index in [4.69, 9.17) is 15.2 Å². The smallest absolute Gasteiger partial charge is 0.205 e. The van der Waals surface area contributed by atoms with Crippen LogP contribution in [0.15, 0.2) is 102 Å². The molecule has 0 radical (unpaired) electrons. The van der Waals surface area contributed by atoms with Crippen LogP contribution in [0.4, 0.5) is 0 Å². The molecule has 4 heteroatoms. The van der Waals surface area contributed by atoms with Gasteiger partial charge in [-0.3, -0.25) is 0 Å². The first-order valence-electron chi connectivity index (χ1n) is 9.66. The Morgan fingerprint density at radius 1 is 0.833 bits per heavy atom. The molecule has 2 N–H and O–H groups in total. The predicted octanol–water partition coefficient (Wildman–Crippen LogP) is 5.85. The number of nitrogens with two attached hydrogens (primary N) is 1. The van der Waals surface area contributed by atoms with E-state index in [0.29, 0.717) is 17.1 Å². The van der Waals surface area contributed by atoms with E-state index in [2.05, 4.69) is 6.07 Å². The second-order valence-corrected chi connectivity index (χ2v) is 7.12. The minimum Gasteiger partial charge on any atom is -0.457 e. The van der Waals surface area contributed by atoms with Crippen LogP contribution in [0.1, 0.15) is 17.0 Å². The summed E-state index contributed by atoms with van der Waals surface area (Å²) in [6, 6.07) is 31.7. The van der Waals surface area contributed by atoms with Crippen molar-refractivity contribution in [2.45, 2.75) is 5.92 Å². The first kappa shape index (κ1) is 17.8. The summed E-state index contributed by atoms with van der Waals surface area (Å²) >= 11 is 0. The molecule has 0 spiro atoms. The Bertz CT molecular complexity index is 1320. The van der Waals surface area contributed by atoms with Crippen molar-refractivity contribution in [3.8, 4) is 23.3 Å². The molecule has 0 bridgehead atoms. The monoisotopic (exact) mass is 390 g/mol. The number of hydrogen-bond acceptors (Lipinski definition) is 4. The molecule has 0 saturated heterocycles. The van der Waals surface area contributed by atoms with Crippen LogP contribution in [0.2, 0.25) is 0 Å². The molecule has 1 aliphatic rings. The molecule has 4 nitrogen and oxygen atoms in total. The lowest BCUT2D eigenvalue weighted by molar-refractivity contribution is 0.398. The van der Waals surface area contributed by atoms with E-state index in [0.717, 1.165) is 27.6 Å². The molecule has 30 heavy (non-hydrogen) atoms. The van der Waals surface area contributed by atoms with Gasteiger partial charge in [-0.05, 0) is 35.2 Å². The molecule has 5 rings (SSSR count). The standard InChI is InChI=1S/C26H18N2O2/c27-16-23-24(18-8-6-11-20(15-18)29-19-9-2-1-3-10-19)22-14-13-17-7-4-5-12-21(17)25(22)30-26(23)28/h1-15,24H,28H2/t24-/m0/s1. The summed E-state index contributed by atoms with van der Waals surface area (Å²) < 4.78 is 11.9. The highest BCUT2D eigenvalue weighted by Crippen LogP contribution is 2.45. The number of benzene rings is 4. The summed E-state index contributed by atoms with van der Waals surface area (Å²) in [5.41, 5.74) is 8.42. The third-order valence-corrected chi connectivity index (χ3v) is 5.28. The molecule has 144 valence electrons. The van der Waals surface area contributed by atoms with Gasteiger partial charge >= 0.3 is 0 Å². The zero-order chi connectivity index (χ0) is 20.5. The molecule has 4 aromatic rings. The lowest BCUT2D eigenvalue weighted by atomic mass is 9.82. The maximum absolute atomic E-state index is 9.84. The highest BCUT2D eigenvalue weighted by Gasteiger charge is 2.31. The van der Waals surface area contributed by atoms with Crippen molar-refractivity contribution >= 4 is 10.8 Å². The zero-order valence-electron chi connectivity index (χ0n) is 16.1. The fourth-order valence-corrected chi connectivity index (χ4v) is 3.91. The fourth-order valence-electron chi connectivity index (χ4n) is 3.91. The molecule has 1 atom stereocenters. The first-order valence-corrected chi connectivity index (χ1v) is 9.66. The topological polar surface area (TPSA) is 68.3 Å². The first-order chi connectivity index (χ1) is 14.7. The highest BCUT2D eigenvalue weighted by atomic mass is 16.5. The lowest BCUT2D eigenvalue weighted by Gasteiger charge is -2.27. The molecule has 0 fully saturated rings. The average molecular weight is 390 g/mol. The molecule has 0 aromatic heterocycles. The number of ether oxygens (including phenoxy) is 2. The summed E-state index contributed by atoms with van der Waals surface area (Å²) in [4.78, 5) is 0. The van der Waals surface area contributed by atoms with E-state index in [9.17, 15) is 5.26 Å². The molecule has 0 aliphatic carbocycles. The molecule has 4 aromatic carbocycles. The van der Waals surface area contributed by atoms with E-state index in [1.54, 1.807) is 0 Å². The maximum Gasteiger partial charge on any atom is 0.205 e. The van der Waals surface area contributed by atoms with Gasteiger partial charge < -0.3 is 15.2 Å². The van der Waals surface area contributed by atoms with E-state index in [1.807, 2.05) is 91.0 Å². The van der Waals surface area contributed by atoms with Crippen molar-refractivity contribution in [2.75, 3.05) is 0 Å². The number of fused-ring (bicyclic) bond motifs is 3. The van der Waals surface area contributed by atoms with Crippen molar-refractivity contribution < 1.29 is 9.47 Å². The van der Waals surface area contributed by atoms with Crippen LogP contribution in [0, 0.1) is 11.3 Å². The molecule has 0 amide bonds. The van der Waals surface area contributed by atoms with Crippen molar-refractivity contribution in [3.63, 3.8) is 0 Å². The lowest BCUT2D eigenvalue weighted by Crippen LogP contribution is -2.21. The van der Waals surface area contributed by atoms with Gasteiger partial charge in [0.05, 0.1) is 5.92 Å². The van der Waals surface area contributed by atoms with E-state index in [1.165, 1.54) is 0 Å². The molecule has 1 heterocycles. The van der Waals surface area contributed by atoms with Gasteiger partial charge in [0.2, 0.25) is 5.88 Å². The number of hydrogen-bond donors (Lipinski definition) is 1. The summed E-state index contributed by atoms with van der Waals surface area (Å²) in [6.07, 6.45) is 0. The van der Waals surface area contributed by atoms with Crippen molar-refractivity contribution in [1.82, 2.24) is 0 Å². The van der Waals surface area contributed by atoms with Crippen molar-refractivity contribution in [2.24, 2.45) is 5.73 Å². The van der Waals surface area contributed by atoms with Crippen molar-refractivity contribution in [1.29, 1.82) is 5.26 Å². The Balaban J connectivity index is 1.64. The maximum atomic E-state index is 9.84. The Kier molecular flexibility index (Phi) is 4.34.